The van der Waals surface area contributed by atoms with Crippen molar-refractivity contribution in [2.75, 3.05) is 13.1 Å². The number of carbonyl (C=O) groups is 1. The maximum atomic E-state index is 11.8. The highest BCUT2D eigenvalue weighted by Crippen LogP contribution is 2.28. The van der Waals surface area contributed by atoms with Gasteiger partial charge in [-0.2, -0.15) is 13.2 Å². The lowest BCUT2D eigenvalue weighted by molar-refractivity contribution is -0.129. The molecule has 0 unspecified atom stereocenters. The van der Waals surface area contributed by atoms with E-state index >= 15 is 0 Å². The molecule has 1 N–H and O–H groups in total. The minimum absolute atomic E-state index is 0.0306. The Hall–Kier alpha value is -0.580. The second-order valence-corrected chi connectivity index (χ2v) is 4.64. The average Bonchev–Trinajstić information content (AvgIpc) is 2.16. The minimum Gasteiger partial charge on any atom is -0.302 e. The van der Waals surface area contributed by atoms with Crippen molar-refractivity contribution in [3.63, 3.8) is 0 Å². The van der Waals surface area contributed by atoms with Gasteiger partial charge in [-0.3, -0.25) is 4.79 Å². The fraction of sp³-hybridized carbons (Fsp3) is 0.909. The van der Waals surface area contributed by atoms with Gasteiger partial charge in [0.15, 0.2) is 0 Å². The molecule has 0 heterocycles. The summed E-state index contributed by atoms with van der Waals surface area (Å²) in [5, 5.41) is 2.16. The molecule has 2 nitrogen and oxygen atoms in total. The Labute approximate surface area is 93.6 Å². The lowest BCUT2D eigenvalue weighted by Crippen LogP contribution is -2.36. The van der Waals surface area contributed by atoms with Crippen molar-refractivity contribution in [3.05, 3.63) is 0 Å². The summed E-state index contributed by atoms with van der Waals surface area (Å²) in [6.07, 6.45) is -0.561. The van der Waals surface area contributed by atoms with E-state index in [9.17, 15) is 18.0 Å². The molecule has 0 aromatic heterocycles. The summed E-state index contributed by atoms with van der Waals surface area (Å²) < 4.78 is 35.5. The van der Waals surface area contributed by atoms with E-state index in [1.807, 2.05) is 0 Å². The fourth-order valence-electron chi connectivity index (χ4n) is 2.05. The number of halogens is 3. The molecule has 1 aliphatic rings. The van der Waals surface area contributed by atoms with Crippen molar-refractivity contribution < 1.29 is 18.0 Å². The molecule has 0 saturated heterocycles. The Kier molecular flexibility index (Phi) is 4.77. The second-order valence-electron chi connectivity index (χ2n) is 4.64. The Bertz CT molecular complexity index is 232. The zero-order valence-electron chi connectivity index (χ0n) is 9.44. The molecular weight excluding hydrogens is 219 g/mol. The Balaban J connectivity index is 2.20. The van der Waals surface area contributed by atoms with Gasteiger partial charge in [-0.05, 0) is 18.8 Å². The van der Waals surface area contributed by atoms with Gasteiger partial charge in [0, 0.05) is 5.92 Å². The van der Waals surface area contributed by atoms with E-state index < -0.39 is 12.7 Å². The van der Waals surface area contributed by atoms with E-state index in [1.165, 1.54) is 0 Å². The Morgan fingerprint density at radius 1 is 1.25 bits per heavy atom. The van der Waals surface area contributed by atoms with E-state index in [0.717, 1.165) is 25.7 Å². The van der Waals surface area contributed by atoms with Gasteiger partial charge < -0.3 is 5.32 Å². The second kappa shape index (κ2) is 5.66. The third kappa shape index (κ3) is 4.96. The standard InChI is InChI=1S/C11H18F3NO/c1-8-2-4-9(5-3-8)10(16)6-15-7-11(12,13)14/h8-9,15H,2-7H2,1H3. The van der Waals surface area contributed by atoms with Crippen LogP contribution in [-0.4, -0.2) is 25.0 Å². The zero-order valence-corrected chi connectivity index (χ0v) is 9.44. The molecule has 1 aliphatic carbocycles. The molecule has 0 aromatic rings. The highest BCUT2D eigenvalue weighted by molar-refractivity contribution is 5.83. The Morgan fingerprint density at radius 2 is 1.81 bits per heavy atom. The first-order chi connectivity index (χ1) is 7.38. The first-order valence-electron chi connectivity index (χ1n) is 5.68. The van der Waals surface area contributed by atoms with E-state index in [0.29, 0.717) is 5.92 Å². The first-order valence-corrected chi connectivity index (χ1v) is 5.68. The molecule has 0 amide bonds. The van der Waals surface area contributed by atoms with Crippen LogP contribution in [-0.2, 0) is 4.79 Å². The molecule has 1 saturated carbocycles. The van der Waals surface area contributed by atoms with Crippen molar-refractivity contribution in [3.8, 4) is 0 Å². The minimum atomic E-state index is -4.23. The molecule has 5 heteroatoms. The van der Waals surface area contributed by atoms with Crippen molar-refractivity contribution >= 4 is 5.78 Å². The lowest BCUT2D eigenvalue weighted by Gasteiger charge is -2.25. The molecule has 1 rings (SSSR count). The van der Waals surface area contributed by atoms with Gasteiger partial charge in [-0.1, -0.05) is 19.8 Å². The summed E-state index contributed by atoms with van der Waals surface area (Å²) in [6, 6.07) is 0. The highest BCUT2D eigenvalue weighted by Gasteiger charge is 2.28. The fourth-order valence-corrected chi connectivity index (χ4v) is 2.05. The van der Waals surface area contributed by atoms with Crippen LogP contribution >= 0.6 is 0 Å². The SMILES string of the molecule is CC1CCC(C(=O)CNCC(F)(F)F)CC1. The van der Waals surface area contributed by atoms with Crippen molar-refractivity contribution in [2.45, 2.75) is 38.8 Å². The molecule has 0 atom stereocenters. The smallest absolute Gasteiger partial charge is 0.302 e. The molecule has 16 heavy (non-hydrogen) atoms. The maximum Gasteiger partial charge on any atom is 0.401 e. The van der Waals surface area contributed by atoms with Gasteiger partial charge in [0.05, 0.1) is 13.1 Å². The number of alkyl halides is 3. The topological polar surface area (TPSA) is 29.1 Å². The van der Waals surface area contributed by atoms with Crippen LogP contribution in [0.25, 0.3) is 0 Å². The lowest BCUT2D eigenvalue weighted by atomic mass is 9.81. The number of ketones is 1. The van der Waals surface area contributed by atoms with Crippen LogP contribution in [0.3, 0.4) is 0 Å². The van der Waals surface area contributed by atoms with Gasteiger partial charge in [0.2, 0.25) is 0 Å². The first kappa shape index (κ1) is 13.5. The van der Waals surface area contributed by atoms with Gasteiger partial charge in [-0.25, -0.2) is 0 Å². The van der Waals surface area contributed by atoms with Crippen LogP contribution < -0.4 is 5.32 Å². The van der Waals surface area contributed by atoms with Gasteiger partial charge in [0.1, 0.15) is 5.78 Å². The van der Waals surface area contributed by atoms with E-state index in [1.54, 1.807) is 0 Å². The number of hydrogen-bond donors (Lipinski definition) is 1. The number of nitrogens with one attached hydrogen (secondary N) is 1. The van der Waals surface area contributed by atoms with E-state index in [-0.39, 0.29) is 18.2 Å². The maximum absolute atomic E-state index is 11.8. The van der Waals surface area contributed by atoms with Crippen LogP contribution in [0.2, 0.25) is 0 Å². The summed E-state index contributed by atoms with van der Waals surface area (Å²) in [7, 11) is 0. The number of carbonyl (C=O) groups excluding carboxylic acids is 1. The molecule has 0 spiro atoms. The number of rotatable bonds is 4. The molecule has 94 valence electrons. The predicted octanol–water partition coefficient (Wildman–Crippen LogP) is 2.53. The molecule has 0 radical (unpaired) electrons. The summed E-state index contributed by atoms with van der Waals surface area (Å²) >= 11 is 0. The van der Waals surface area contributed by atoms with Crippen LogP contribution in [0.1, 0.15) is 32.6 Å². The van der Waals surface area contributed by atoms with Crippen LogP contribution in [0.5, 0.6) is 0 Å². The Morgan fingerprint density at radius 3 is 2.31 bits per heavy atom. The van der Waals surface area contributed by atoms with Crippen molar-refractivity contribution in [2.24, 2.45) is 11.8 Å². The molecule has 0 aromatic carbocycles. The number of hydrogen-bond acceptors (Lipinski definition) is 2. The van der Waals surface area contributed by atoms with Gasteiger partial charge in [-0.15, -0.1) is 0 Å². The summed E-state index contributed by atoms with van der Waals surface area (Å²) in [4.78, 5) is 11.6. The summed E-state index contributed by atoms with van der Waals surface area (Å²) in [5.41, 5.74) is 0. The quantitative estimate of drug-likeness (QED) is 0.814. The summed E-state index contributed by atoms with van der Waals surface area (Å²) in [6.45, 7) is 0.906. The zero-order chi connectivity index (χ0) is 12.2. The van der Waals surface area contributed by atoms with Gasteiger partial charge in [0.25, 0.3) is 0 Å². The van der Waals surface area contributed by atoms with Crippen molar-refractivity contribution in [1.29, 1.82) is 0 Å². The third-order valence-corrected chi connectivity index (χ3v) is 3.10. The van der Waals surface area contributed by atoms with Crippen LogP contribution in [0, 0.1) is 11.8 Å². The van der Waals surface area contributed by atoms with Gasteiger partial charge >= 0.3 is 6.18 Å². The van der Waals surface area contributed by atoms with Crippen molar-refractivity contribution in [1.82, 2.24) is 5.32 Å². The van der Waals surface area contributed by atoms with E-state index in [2.05, 4.69) is 12.2 Å². The molecule has 0 aliphatic heterocycles. The number of Topliss-reactive ketones (excluding diaryl/α,β-unsaturated/α-hetero) is 1. The van der Waals surface area contributed by atoms with E-state index in [4.69, 9.17) is 0 Å². The normalized spacial score (nSPS) is 26.8. The van der Waals surface area contributed by atoms with Crippen LogP contribution in [0.15, 0.2) is 0 Å². The molecule has 0 bridgehead atoms. The molecular formula is C11H18F3NO. The largest absolute Gasteiger partial charge is 0.401 e. The monoisotopic (exact) mass is 237 g/mol. The summed E-state index contributed by atoms with van der Waals surface area (Å²) in [5.74, 6) is 0.542. The molecule has 1 fully saturated rings. The highest BCUT2D eigenvalue weighted by atomic mass is 19.4. The third-order valence-electron chi connectivity index (χ3n) is 3.10. The average molecular weight is 237 g/mol. The van der Waals surface area contributed by atoms with Crippen LogP contribution in [0.4, 0.5) is 13.2 Å². The predicted molar refractivity (Wildman–Crippen MR) is 55.1 cm³/mol.